The smallest absolute Gasteiger partial charge is 0.261 e. The molecule has 0 amide bonds. The fourth-order valence-electron chi connectivity index (χ4n) is 1.55. The minimum atomic E-state index is -4.28. The summed E-state index contributed by atoms with van der Waals surface area (Å²) in [6, 6.07) is 0. The van der Waals surface area contributed by atoms with Crippen molar-refractivity contribution in [1.82, 2.24) is 14.8 Å². The van der Waals surface area contributed by atoms with Crippen molar-refractivity contribution in [1.29, 1.82) is 0 Å². The molecule has 0 aromatic carbocycles. The van der Waals surface area contributed by atoms with Gasteiger partial charge in [0.1, 0.15) is 6.54 Å². The molecule has 0 atom stereocenters. The average Bonchev–Trinajstić information content (AvgIpc) is 2.42. The van der Waals surface area contributed by atoms with E-state index < -0.39 is 12.7 Å². The highest BCUT2D eigenvalue weighted by atomic mass is 79.9. The topological polar surface area (TPSA) is 30.7 Å². The molecule has 2 aromatic heterocycles. The molecular formula is C9H7BrF3N3. The summed E-state index contributed by atoms with van der Waals surface area (Å²) in [4.78, 5) is 3.84. The fourth-order valence-corrected chi connectivity index (χ4v) is 2.16. The molecule has 2 aromatic rings. The second kappa shape index (κ2) is 3.73. The van der Waals surface area contributed by atoms with Crippen LogP contribution in [0.4, 0.5) is 13.2 Å². The standard InChI is InChI=1S/C9H7BrF3N3/c1-5-8-6(10)2-14-3-7(8)16(15-5)4-9(11,12)13/h2-3H,4H2,1H3. The lowest BCUT2D eigenvalue weighted by Crippen LogP contribution is -2.18. The molecule has 0 bridgehead atoms. The Balaban J connectivity index is 2.60. The van der Waals surface area contributed by atoms with Crippen LogP contribution in [0.1, 0.15) is 5.69 Å². The van der Waals surface area contributed by atoms with Crippen molar-refractivity contribution in [2.24, 2.45) is 0 Å². The van der Waals surface area contributed by atoms with Gasteiger partial charge in [-0.2, -0.15) is 18.3 Å². The molecule has 0 saturated carbocycles. The van der Waals surface area contributed by atoms with Crippen molar-refractivity contribution in [3.05, 3.63) is 22.6 Å². The zero-order valence-electron chi connectivity index (χ0n) is 8.22. The monoisotopic (exact) mass is 293 g/mol. The Hall–Kier alpha value is -1.11. The molecule has 0 spiro atoms. The van der Waals surface area contributed by atoms with Crippen molar-refractivity contribution in [2.45, 2.75) is 19.6 Å². The number of alkyl halides is 3. The van der Waals surface area contributed by atoms with Crippen LogP contribution in [0.3, 0.4) is 0 Å². The van der Waals surface area contributed by atoms with Crippen molar-refractivity contribution in [3.8, 4) is 0 Å². The van der Waals surface area contributed by atoms with E-state index in [1.54, 1.807) is 6.92 Å². The number of hydrogen-bond acceptors (Lipinski definition) is 2. The number of pyridine rings is 1. The van der Waals surface area contributed by atoms with E-state index in [9.17, 15) is 13.2 Å². The van der Waals surface area contributed by atoms with Crippen LogP contribution in [-0.4, -0.2) is 20.9 Å². The lowest BCUT2D eigenvalue weighted by atomic mass is 10.2. The molecule has 0 aliphatic carbocycles. The van der Waals surface area contributed by atoms with Crippen LogP contribution < -0.4 is 0 Å². The van der Waals surface area contributed by atoms with E-state index in [-0.39, 0.29) is 0 Å². The molecule has 86 valence electrons. The molecule has 0 fully saturated rings. The van der Waals surface area contributed by atoms with Crippen LogP contribution in [0.25, 0.3) is 10.9 Å². The second-order valence-electron chi connectivity index (χ2n) is 3.37. The first kappa shape index (κ1) is 11.4. The number of rotatable bonds is 1. The number of halogens is 4. The first-order valence-electron chi connectivity index (χ1n) is 4.42. The molecule has 0 unspecified atom stereocenters. The molecule has 0 saturated heterocycles. The summed E-state index contributed by atoms with van der Waals surface area (Å²) in [5, 5.41) is 4.53. The number of aromatic nitrogens is 3. The van der Waals surface area contributed by atoms with E-state index >= 15 is 0 Å². The molecule has 3 nitrogen and oxygen atoms in total. The van der Waals surface area contributed by atoms with Crippen LogP contribution in [0.15, 0.2) is 16.9 Å². The summed E-state index contributed by atoms with van der Waals surface area (Å²) >= 11 is 3.24. The maximum absolute atomic E-state index is 12.3. The fraction of sp³-hybridized carbons (Fsp3) is 0.333. The lowest BCUT2D eigenvalue weighted by molar-refractivity contribution is -0.141. The Morgan fingerprint density at radius 3 is 2.69 bits per heavy atom. The molecule has 7 heteroatoms. The van der Waals surface area contributed by atoms with Gasteiger partial charge in [0.25, 0.3) is 0 Å². The lowest BCUT2D eigenvalue weighted by Gasteiger charge is -2.06. The molecule has 0 aliphatic heterocycles. The van der Waals surface area contributed by atoms with Crippen molar-refractivity contribution in [2.75, 3.05) is 0 Å². The van der Waals surface area contributed by atoms with Gasteiger partial charge in [0.05, 0.1) is 17.4 Å². The van der Waals surface area contributed by atoms with Crippen LogP contribution in [0.5, 0.6) is 0 Å². The number of aryl methyl sites for hydroxylation is 1. The highest BCUT2D eigenvalue weighted by Crippen LogP contribution is 2.27. The summed E-state index contributed by atoms with van der Waals surface area (Å²) in [5.74, 6) is 0. The summed E-state index contributed by atoms with van der Waals surface area (Å²) in [5.41, 5.74) is 0.928. The largest absolute Gasteiger partial charge is 0.408 e. The maximum Gasteiger partial charge on any atom is 0.408 e. The van der Waals surface area contributed by atoms with Crippen LogP contribution in [0.2, 0.25) is 0 Å². The Labute approximate surface area is 97.4 Å². The van der Waals surface area contributed by atoms with E-state index in [0.29, 0.717) is 21.1 Å². The SMILES string of the molecule is Cc1nn(CC(F)(F)F)c2cncc(Br)c12. The van der Waals surface area contributed by atoms with Gasteiger partial charge >= 0.3 is 6.18 Å². The normalized spacial score (nSPS) is 12.3. The van der Waals surface area contributed by atoms with E-state index in [1.807, 2.05) is 0 Å². The molecule has 0 aliphatic rings. The van der Waals surface area contributed by atoms with Gasteiger partial charge in [-0.15, -0.1) is 0 Å². The quantitative estimate of drug-likeness (QED) is 0.809. The average molecular weight is 294 g/mol. The van der Waals surface area contributed by atoms with Gasteiger partial charge < -0.3 is 0 Å². The third-order valence-electron chi connectivity index (χ3n) is 2.12. The highest BCUT2D eigenvalue weighted by Gasteiger charge is 2.29. The Kier molecular flexibility index (Phi) is 2.65. The summed E-state index contributed by atoms with van der Waals surface area (Å²) in [6.45, 7) is 0.565. The molecule has 0 N–H and O–H groups in total. The third-order valence-corrected chi connectivity index (χ3v) is 2.72. The van der Waals surface area contributed by atoms with Crippen LogP contribution in [-0.2, 0) is 6.54 Å². The number of hydrogen-bond donors (Lipinski definition) is 0. The third kappa shape index (κ3) is 2.04. The molecule has 0 radical (unpaired) electrons. The van der Waals surface area contributed by atoms with E-state index in [0.717, 1.165) is 4.68 Å². The van der Waals surface area contributed by atoms with Gasteiger partial charge in [0, 0.05) is 16.1 Å². The molecule has 2 heterocycles. The second-order valence-corrected chi connectivity index (χ2v) is 4.23. The minimum absolute atomic E-state index is 0.379. The van der Waals surface area contributed by atoms with Crippen molar-refractivity contribution in [3.63, 3.8) is 0 Å². The van der Waals surface area contributed by atoms with Crippen molar-refractivity contribution >= 4 is 26.8 Å². The highest BCUT2D eigenvalue weighted by molar-refractivity contribution is 9.10. The summed E-state index contributed by atoms with van der Waals surface area (Å²) in [6.07, 6.45) is -1.37. The number of fused-ring (bicyclic) bond motifs is 1. The predicted molar refractivity (Wildman–Crippen MR) is 56.0 cm³/mol. The van der Waals surface area contributed by atoms with Crippen LogP contribution in [0, 0.1) is 6.92 Å². The van der Waals surface area contributed by atoms with E-state index in [2.05, 4.69) is 26.0 Å². The van der Waals surface area contributed by atoms with Gasteiger partial charge in [-0.3, -0.25) is 9.67 Å². The van der Waals surface area contributed by atoms with Gasteiger partial charge in [-0.05, 0) is 22.9 Å². The first-order valence-corrected chi connectivity index (χ1v) is 5.21. The van der Waals surface area contributed by atoms with Gasteiger partial charge in [0.15, 0.2) is 0 Å². The summed E-state index contributed by atoms with van der Waals surface area (Å²) in [7, 11) is 0. The molecular weight excluding hydrogens is 287 g/mol. The van der Waals surface area contributed by atoms with Crippen molar-refractivity contribution < 1.29 is 13.2 Å². The van der Waals surface area contributed by atoms with Gasteiger partial charge in [-0.1, -0.05) is 0 Å². The van der Waals surface area contributed by atoms with E-state index in [1.165, 1.54) is 12.4 Å². The minimum Gasteiger partial charge on any atom is -0.261 e. The maximum atomic E-state index is 12.3. The number of nitrogens with zero attached hydrogens (tertiary/aromatic N) is 3. The van der Waals surface area contributed by atoms with Gasteiger partial charge in [0.2, 0.25) is 0 Å². The van der Waals surface area contributed by atoms with Crippen LogP contribution >= 0.6 is 15.9 Å². The molecule has 2 rings (SSSR count). The Morgan fingerprint density at radius 1 is 1.38 bits per heavy atom. The zero-order valence-corrected chi connectivity index (χ0v) is 9.80. The molecule has 16 heavy (non-hydrogen) atoms. The predicted octanol–water partition coefficient (Wildman–Crippen LogP) is 3.06. The Morgan fingerprint density at radius 2 is 2.06 bits per heavy atom. The zero-order chi connectivity index (χ0) is 11.9. The Bertz CT molecular complexity index is 533. The van der Waals surface area contributed by atoms with Gasteiger partial charge in [-0.25, -0.2) is 0 Å². The van der Waals surface area contributed by atoms with E-state index in [4.69, 9.17) is 0 Å². The summed E-state index contributed by atoms with van der Waals surface area (Å²) < 4.78 is 38.4. The first-order chi connectivity index (χ1) is 7.38.